The van der Waals surface area contributed by atoms with Crippen molar-refractivity contribution in [3.8, 4) is 0 Å². The Morgan fingerprint density at radius 3 is 2.77 bits per heavy atom. The van der Waals surface area contributed by atoms with Crippen LogP contribution in [0.25, 0.3) is 0 Å². The molecule has 0 radical (unpaired) electrons. The van der Waals surface area contributed by atoms with Gasteiger partial charge in [0.2, 0.25) is 11.9 Å². The van der Waals surface area contributed by atoms with Gasteiger partial charge in [-0.3, -0.25) is 19.7 Å². The van der Waals surface area contributed by atoms with Crippen LogP contribution in [-0.4, -0.2) is 20.5 Å². The number of guanidine groups is 1. The van der Waals surface area contributed by atoms with Gasteiger partial charge in [0.25, 0.3) is 5.56 Å². The van der Waals surface area contributed by atoms with Gasteiger partial charge in [0.15, 0.2) is 6.17 Å². The average Bonchev–Trinajstić information content (AvgIpc) is 2.63. The van der Waals surface area contributed by atoms with E-state index in [4.69, 9.17) is 0 Å². The summed E-state index contributed by atoms with van der Waals surface area (Å²) in [6.07, 6.45) is 2.71. The third-order valence-corrected chi connectivity index (χ3v) is 3.90. The van der Waals surface area contributed by atoms with Crippen LogP contribution < -0.4 is 16.2 Å². The fraction of sp³-hybridized carbons (Fsp3) is 0.111. The summed E-state index contributed by atoms with van der Waals surface area (Å²) in [5, 5.41) is 6.10. The highest BCUT2D eigenvalue weighted by Crippen LogP contribution is 2.25. The number of pyridine rings is 1. The average molecular weight is 350 g/mol. The fourth-order valence-electron chi connectivity index (χ4n) is 2.73. The molecule has 130 valence electrons. The zero-order valence-electron chi connectivity index (χ0n) is 13.8. The van der Waals surface area contributed by atoms with Gasteiger partial charge >= 0.3 is 0 Å². The van der Waals surface area contributed by atoms with Crippen molar-refractivity contribution in [3.63, 3.8) is 0 Å². The molecule has 0 spiro atoms. The summed E-state index contributed by atoms with van der Waals surface area (Å²) in [6.45, 7) is 1.75. The van der Waals surface area contributed by atoms with Gasteiger partial charge < -0.3 is 5.32 Å². The van der Waals surface area contributed by atoms with Crippen molar-refractivity contribution in [1.29, 1.82) is 0 Å². The molecule has 1 aromatic carbocycles. The highest BCUT2D eigenvalue weighted by Gasteiger charge is 2.25. The largest absolute Gasteiger partial charge is 0.326 e. The van der Waals surface area contributed by atoms with Gasteiger partial charge in [0.1, 0.15) is 5.82 Å². The summed E-state index contributed by atoms with van der Waals surface area (Å²) in [7, 11) is 0. The lowest BCUT2D eigenvalue weighted by atomic mass is 10.2. The van der Waals surface area contributed by atoms with E-state index in [1.807, 2.05) is 6.07 Å². The first-order valence-electron chi connectivity index (χ1n) is 7.98. The number of hydrogen-bond acceptors (Lipinski definition) is 6. The minimum atomic E-state index is -0.608. The van der Waals surface area contributed by atoms with Gasteiger partial charge in [-0.05, 0) is 37.3 Å². The molecule has 8 heteroatoms. The van der Waals surface area contributed by atoms with Crippen LogP contribution in [0.5, 0.6) is 0 Å². The predicted octanol–water partition coefficient (Wildman–Crippen LogP) is 2.53. The molecule has 3 aromatic rings. The number of anilines is 2. The number of aryl methyl sites for hydroxylation is 1. The Hall–Kier alpha value is -3.55. The molecule has 0 aliphatic carbocycles. The van der Waals surface area contributed by atoms with Crippen LogP contribution in [0, 0.1) is 12.7 Å². The van der Waals surface area contributed by atoms with E-state index < -0.39 is 6.17 Å². The number of nitrogens with one attached hydrogen (secondary N) is 2. The standard InChI is InChI=1S/C18H15FN6O/c1-11-9-15(26)25-16(12-3-2-8-20-10-12)23-17(24-18(25)21-11)22-14-6-4-13(19)5-7-14/h2-10,16H,1H3,(H2,21,22,23,24). The fourth-order valence-corrected chi connectivity index (χ4v) is 2.73. The number of hydrogen-bond donors (Lipinski definition) is 2. The molecule has 1 aliphatic heterocycles. The molecule has 2 aromatic heterocycles. The van der Waals surface area contributed by atoms with Gasteiger partial charge in [-0.1, -0.05) is 6.07 Å². The molecule has 3 heterocycles. The third-order valence-electron chi connectivity index (χ3n) is 3.90. The molecule has 0 bridgehead atoms. The molecule has 0 amide bonds. The molecule has 7 nitrogen and oxygen atoms in total. The number of aliphatic imine (C=N–C) groups is 1. The van der Waals surface area contributed by atoms with Crippen LogP contribution in [-0.2, 0) is 0 Å². The third kappa shape index (κ3) is 3.04. The summed E-state index contributed by atoms with van der Waals surface area (Å²) in [5.74, 6) is 0.461. The Labute approximate surface area is 148 Å². The van der Waals surface area contributed by atoms with Crippen LogP contribution in [0.15, 0.2) is 64.6 Å². The smallest absolute Gasteiger partial charge is 0.257 e. The second-order valence-electron chi connectivity index (χ2n) is 5.82. The summed E-state index contributed by atoms with van der Waals surface area (Å²) in [5.41, 5.74) is 1.80. The second-order valence-corrected chi connectivity index (χ2v) is 5.82. The normalized spacial score (nSPS) is 15.6. The molecule has 2 N–H and O–H groups in total. The highest BCUT2D eigenvalue weighted by molar-refractivity contribution is 6.03. The summed E-state index contributed by atoms with van der Waals surface area (Å²) in [6, 6.07) is 11.0. The number of aromatic nitrogens is 3. The Kier molecular flexibility index (Phi) is 3.92. The van der Waals surface area contributed by atoms with Gasteiger partial charge in [-0.2, -0.15) is 0 Å². The van der Waals surface area contributed by atoms with Gasteiger partial charge in [0.05, 0.1) is 0 Å². The minimum Gasteiger partial charge on any atom is -0.326 e. The second kappa shape index (κ2) is 6.40. The van der Waals surface area contributed by atoms with Crippen LogP contribution in [0.4, 0.5) is 16.0 Å². The van der Waals surface area contributed by atoms with Crippen molar-refractivity contribution in [3.05, 3.63) is 82.3 Å². The number of rotatable bonds is 2. The highest BCUT2D eigenvalue weighted by atomic mass is 19.1. The van der Waals surface area contributed by atoms with E-state index in [0.29, 0.717) is 23.3 Å². The van der Waals surface area contributed by atoms with Gasteiger partial charge in [-0.15, -0.1) is 0 Å². The monoisotopic (exact) mass is 350 g/mol. The Balaban J connectivity index is 1.78. The van der Waals surface area contributed by atoms with Crippen LogP contribution in [0.3, 0.4) is 0 Å². The lowest BCUT2D eigenvalue weighted by molar-refractivity contribution is 0.575. The topological polar surface area (TPSA) is 84.2 Å². The van der Waals surface area contributed by atoms with E-state index in [1.165, 1.54) is 22.8 Å². The lowest BCUT2D eigenvalue weighted by Gasteiger charge is -2.26. The van der Waals surface area contributed by atoms with E-state index in [9.17, 15) is 9.18 Å². The minimum absolute atomic E-state index is 0.210. The molecular weight excluding hydrogens is 335 g/mol. The number of benzene rings is 1. The molecule has 0 fully saturated rings. The molecule has 1 unspecified atom stereocenters. The summed E-state index contributed by atoms with van der Waals surface area (Å²) < 4.78 is 14.6. The SMILES string of the molecule is Cc1cc(=O)n2c(n1)NC(Nc1ccc(F)cc1)=NC2c1cccnc1. The van der Waals surface area contributed by atoms with Gasteiger partial charge in [0, 0.05) is 35.4 Å². The first-order chi connectivity index (χ1) is 12.6. The van der Waals surface area contributed by atoms with Crippen LogP contribution >= 0.6 is 0 Å². The number of nitrogens with zero attached hydrogens (tertiary/aromatic N) is 4. The maximum atomic E-state index is 13.1. The number of fused-ring (bicyclic) bond motifs is 1. The molecule has 1 aliphatic rings. The summed E-state index contributed by atoms with van der Waals surface area (Å²) in [4.78, 5) is 25.6. The van der Waals surface area contributed by atoms with Crippen molar-refractivity contribution in [2.75, 3.05) is 10.6 Å². The molecule has 26 heavy (non-hydrogen) atoms. The molecular formula is C18H15FN6O. The van der Waals surface area contributed by atoms with Crippen LogP contribution in [0.1, 0.15) is 17.4 Å². The van der Waals surface area contributed by atoms with E-state index in [2.05, 4.69) is 25.6 Å². The zero-order valence-corrected chi connectivity index (χ0v) is 13.8. The maximum Gasteiger partial charge on any atom is 0.257 e. The molecule has 1 atom stereocenters. The van der Waals surface area contributed by atoms with E-state index in [-0.39, 0.29) is 11.4 Å². The quantitative estimate of drug-likeness (QED) is 0.742. The number of halogens is 1. The molecule has 4 rings (SSSR count). The Morgan fingerprint density at radius 2 is 2.04 bits per heavy atom. The van der Waals surface area contributed by atoms with Gasteiger partial charge in [-0.25, -0.2) is 14.4 Å². The molecule has 0 saturated heterocycles. The first kappa shape index (κ1) is 15.9. The predicted molar refractivity (Wildman–Crippen MR) is 96.7 cm³/mol. The van der Waals surface area contributed by atoms with E-state index in [0.717, 1.165) is 5.56 Å². The Bertz CT molecular complexity index is 1030. The Morgan fingerprint density at radius 1 is 1.23 bits per heavy atom. The van der Waals surface area contributed by atoms with E-state index >= 15 is 0 Å². The van der Waals surface area contributed by atoms with Crippen molar-refractivity contribution in [1.82, 2.24) is 14.5 Å². The lowest BCUT2D eigenvalue weighted by Crippen LogP contribution is -2.37. The van der Waals surface area contributed by atoms with Crippen molar-refractivity contribution in [2.45, 2.75) is 13.1 Å². The van der Waals surface area contributed by atoms with Crippen LogP contribution in [0.2, 0.25) is 0 Å². The van der Waals surface area contributed by atoms with Crippen molar-refractivity contribution in [2.24, 2.45) is 4.99 Å². The summed E-state index contributed by atoms with van der Waals surface area (Å²) >= 11 is 0. The molecule has 0 saturated carbocycles. The maximum absolute atomic E-state index is 13.1. The first-order valence-corrected chi connectivity index (χ1v) is 7.98. The van der Waals surface area contributed by atoms with Crippen molar-refractivity contribution < 1.29 is 4.39 Å². The van der Waals surface area contributed by atoms with Crippen molar-refractivity contribution >= 4 is 17.6 Å². The van der Waals surface area contributed by atoms with E-state index in [1.54, 1.807) is 37.5 Å². The zero-order chi connectivity index (χ0) is 18.1.